The van der Waals surface area contributed by atoms with Crippen LogP contribution in [-0.4, -0.2) is 42.1 Å². The van der Waals surface area contributed by atoms with Crippen LogP contribution in [0.15, 0.2) is 76.0 Å². The number of amides is 2. The smallest absolute Gasteiger partial charge is 0.288 e. The van der Waals surface area contributed by atoms with Crippen molar-refractivity contribution < 1.29 is 18.9 Å². The van der Waals surface area contributed by atoms with E-state index in [0.29, 0.717) is 16.6 Å². The fourth-order valence-electron chi connectivity index (χ4n) is 3.00. The molecule has 4 rings (SSSR count). The van der Waals surface area contributed by atoms with E-state index in [1.165, 1.54) is 21.5 Å². The molecule has 2 heterocycles. The SMILES string of the molecule is Cc1ccc(/C=C2/N=C(SCC(=O)Nc3c[n+](N(C)C)no3)N(c3ccccc3)C2=O)cc1. The molecule has 0 atom stereocenters. The van der Waals surface area contributed by atoms with Crippen LogP contribution in [0.5, 0.6) is 0 Å². The molecule has 0 unspecified atom stereocenters. The number of aliphatic imine (C=N–C) groups is 1. The summed E-state index contributed by atoms with van der Waals surface area (Å²) in [6.45, 7) is 2.01. The first-order valence-corrected chi connectivity index (χ1v) is 11.1. The van der Waals surface area contributed by atoms with Gasteiger partial charge in [0.1, 0.15) is 5.70 Å². The predicted molar refractivity (Wildman–Crippen MR) is 128 cm³/mol. The molecule has 9 nitrogen and oxygen atoms in total. The maximum absolute atomic E-state index is 13.2. The summed E-state index contributed by atoms with van der Waals surface area (Å²) in [6.07, 6.45) is 3.30. The molecule has 10 heteroatoms. The van der Waals surface area contributed by atoms with Gasteiger partial charge in [-0.2, -0.15) is 5.01 Å². The maximum Gasteiger partial charge on any atom is 0.305 e. The third-order valence-electron chi connectivity index (χ3n) is 4.69. The Morgan fingerprint density at radius 2 is 1.91 bits per heavy atom. The highest BCUT2D eigenvalue weighted by Crippen LogP contribution is 2.29. The number of thioether (sulfide) groups is 1. The van der Waals surface area contributed by atoms with Gasteiger partial charge in [-0.1, -0.05) is 59.8 Å². The van der Waals surface area contributed by atoms with E-state index in [1.807, 2.05) is 61.5 Å². The van der Waals surface area contributed by atoms with Crippen molar-refractivity contribution in [2.75, 3.05) is 35.1 Å². The van der Waals surface area contributed by atoms with Crippen LogP contribution in [0.25, 0.3) is 6.08 Å². The fourth-order valence-corrected chi connectivity index (χ4v) is 3.82. The number of aryl methyl sites for hydroxylation is 1. The van der Waals surface area contributed by atoms with Crippen LogP contribution < -0.4 is 20.0 Å². The highest BCUT2D eigenvalue weighted by molar-refractivity contribution is 8.14. The van der Waals surface area contributed by atoms with Gasteiger partial charge in [0, 0.05) is 0 Å². The van der Waals surface area contributed by atoms with Crippen LogP contribution in [0.3, 0.4) is 0 Å². The van der Waals surface area contributed by atoms with Gasteiger partial charge in [-0.15, -0.1) is 0 Å². The molecule has 0 spiro atoms. The van der Waals surface area contributed by atoms with Gasteiger partial charge in [0.05, 0.1) is 30.3 Å². The number of carbonyl (C=O) groups is 2. The van der Waals surface area contributed by atoms with Crippen LogP contribution in [0.1, 0.15) is 11.1 Å². The number of carbonyl (C=O) groups excluding carboxylic acids is 2. The first-order chi connectivity index (χ1) is 15.9. The van der Waals surface area contributed by atoms with Crippen LogP contribution in [0.4, 0.5) is 11.6 Å². The number of anilines is 2. The Labute approximate surface area is 195 Å². The molecule has 2 aromatic carbocycles. The molecule has 1 aromatic heterocycles. The second-order valence-corrected chi connectivity index (χ2v) is 8.42. The normalized spacial score (nSPS) is 14.5. The van der Waals surface area contributed by atoms with Gasteiger partial charge in [0.2, 0.25) is 11.2 Å². The van der Waals surface area contributed by atoms with E-state index in [2.05, 4.69) is 15.6 Å². The summed E-state index contributed by atoms with van der Waals surface area (Å²) >= 11 is 1.17. The lowest BCUT2D eigenvalue weighted by Gasteiger charge is -2.17. The second-order valence-electron chi connectivity index (χ2n) is 7.48. The molecule has 33 heavy (non-hydrogen) atoms. The van der Waals surface area contributed by atoms with Gasteiger partial charge in [-0.05, 0) is 30.7 Å². The average Bonchev–Trinajstić information content (AvgIpc) is 3.39. The molecule has 0 saturated carbocycles. The number of para-hydroxylation sites is 1. The zero-order valence-electron chi connectivity index (χ0n) is 18.4. The first-order valence-electron chi connectivity index (χ1n) is 10.2. The van der Waals surface area contributed by atoms with E-state index in [-0.39, 0.29) is 23.5 Å². The van der Waals surface area contributed by atoms with Crippen LogP contribution in [-0.2, 0) is 9.59 Å². The predicted octanol–water partition coefficient (Wildman–Crippen LogP) is 2.58. The molecule has 2 amide bonds. The summed E-state index contributed by atoms with van der Waals surface area (Å²) in [4.78, 5) is 33.2. The topological polar surface area (TPSA) is 94.9 Å². The van der Waals surface area contributed by atoms with E-state index in [4.69, 9.17) is 4.52 Å². The van der Waals surface area contributed by atoms with Crippen molar-refractivity contribution in [3.63, 3.8) is 0 Å². The fraction of sp³-hybridized carbons (Fsp3) is 0.174. The number of hydrogen-bond donors (Lipinski definition) is 1. The Balaban J connectivity index is 1.52. The van der Waals surface area contributed by atoms with E-state index < -0.39 is 0 Å². The molecule has 1 aliphatic heterocycles. The zero-order chi connectivity index (χ0) is 23.4. The van der Waals surface area contributed by atoms with Gasteiger partial charge in [-0.3, -0.25) is 24.3 Å². The molecule has 0 fully saturated rings. The standard InChI is InChI=1S/C23H22N6O3S/c1-16-9-11-17(12-10-16)13-19-22(31)29(18-7-5-4-6-8-18)23(24-19)33-15-20(30)25-21-14-28(26-32-21)27(2)3/h4-14H,15H2,1-3H3/p+1/b19-13+. The molecule has 3 aromatic rings. The largest absolute Gasteiger partial charge is 0.305 e. The quantitative estimate of drug-likeness (QED) is 0.446. The molecule has 0 saturated heterocycles. The molecule has 168 valence electrons. The lowest BCUT2D eigenvalue weighted by Crippen LogP contribution is -2.53. The number of aromatic nitrogens is 2. The van der Waals surface area contributed by atoms with Crippen molar-refractivity contribution in [2.24, 2.45) is 4.99 Å². The van der Waals surface area contributed by atoms with Crippen molar-refractivity contribution in [2.45, 2.75) is 6.92 Å². The third-order valence-corrected chi connectivity index (χ3v) is 5.62. The van der Waals surface area contributed by atoms with Crippen LogP contribution in [0.2, 0.25) is 0 Å². The Morgan fingerprint density at radius 1 is 1.18 bits per heavy atom. The molecule has 0 bridgehead atoms. The Hall–Kier alpha value is -3.92. The summed E-state index contributed by atoms with van der Waals surface area (Å²) in [5.74, 6) is -0.289. The van der Waals surface area contributed by atoms with Crippen LogP contribution in [0, 0.1) is 6.92 Å². The number of benzene rings is 2. The molecule has 1 N–H and O–H groups in total. The Morgan fingerprint density at radius 3 is 2.58 bits per heavy atom. The number of rotatable bonds is 6. The summed E-state index contributed by atoms with van der Waals surface area (Å²) in [7, 11) is 3.58. The van der Waals surface area contributed by atoms with Gasteiger partial charge in [-0.25, -0.2) is 4.99 Å². The molecular weight excluding hydrogens is 440 g/mol. The van der Waals surface area contributed by atoms with Gasteiger partial charge in [0.15, 0.2) is 5.17 Å². The van der Waals surface area contributed by atoms with Gasteiger partial charge < -0.3 is 0 Å². The summed E-state index contributed by atoms with van der Waals surface area (Å²) in [5, 5.41) is 8.56. The molecule has 1 aliphatic rings. The number of hydrogen-bond acceptors (Lipinski definition) is 7. The summed E-state index contributed by atoms with van der Waals surface area (Å²) < 4.78 is 5.09. The van der Waals surface area contributed by atoms with Crippen molar-refractivity contribution in [1.29, 1.82) is 0 Å². The lowest BCUT2D eigenvalue weighted by atomic mass is 10.1. The van der Waals surface area contributed by atoms with Gasteiger partial charge >= 0.3 is 5.88 Å². The monoisotopic (exact) mass is 463 g/mol. The Kier molecular flexibility index (Phi) is 6.55. The minimum absolute atomic E-state index is 0.0376. The number of nitrogens with one attached hydrogen (secondary N) is 1. The van der Waals surface area contributed by atoms with Crippen molar-refractivity contribution in [3.8, 4) is 0 Å². The van der Waals surface area contributed by atoms with Crippen molar-refractivity contribution in [1.82, 2.24) is 5.27 Å². The molecular formula is C23H23N6O3S+. The van der Waals surface area contributed by atoms with Crippen LogP contribution >= 0.6 is 11.8 Å². The lowest BCUT2D eigenvalue weighted by molar-refractivity contribution is -0.753. The highest BCUT2D eigenvalue weighted by Gasteiger charge is 2.32. The third kappa shape index (κ3) is 5.29. The number of amidine groups is 1. The molecule has 0 aliphatic carbocycles. The Bertz CT molecular complexity index is 1220. The van der Waals surface area contributed by atoms with Gasteiger partial charge in [0.25, 0.3) is 12.1 Å². The second kappa shape index (κ2) is 9.70. The minimum Gasteiger partial charge on any atom is -0.288 e. The summed E-state index contributed by atoms with van der Waals surface area (Å²) in [5.41, 5.74) is 3.01. The van der Waals surface area contributed by atoms with E-state index in [1.54, 1.807) is 31.4 Å². The number of nitrogens with zero attached hydrogens (tertiary/aromatic N) is 5. The van der Waals surface area contributed by atoms with E-state index in [0.717, 1.165) is 11.1 Å². The minimum atomic E-state index is -0.304. The highest BCUT2D eigenvalue weighted by atomic mass is 32.2. The van der Waals surface area contributed by atoms with E-state index in [9.17, 15) is 9.59 Å². The zero-order valence-corrected chi connectivity index (χ0v) is 19.2. The molecule has 0 radical (unpaired) electrons. The first kappa shape index (κ1) is 22.3. The maximum atomic E-state index is 13.2. The van der Waals surface area contributed by atoms with Crippen molar-refractivity contribution >= 4 is 46.4 Å². The van der Waals surface area contributed by atoms with Crippen molar-refractivity contribution in [3.05, 3.63) is 77.6 Å². The average molecular weight is 464 g/mol. The summed E-state index contributed by atoms with van der Waals surface area (Å²) in [6, 6.07) is 17.1. The van der Waals surface area contributed by atoms with E-state index >= 15 is 0 Å².